The minimum Gasteiger partial charge on any atom is -0.496 e. The maximum Gasteiger partial charge on any atom is 0.162 e. The van der Waals surface area contributed by atoms with Gasteiger partial charge in [-0.3, -0.25) is 9.69 Å². The van der Waals surface area contributed by atoms with Gasteiger partial charge in [0, 0.05) is 28.8 Å². The quantitative estimate of drug-likeness (QED) is 0.569. The Bertz CT molecular complexity index is 1530. The van der Waals surface area contributed by atoms with E-state index in [4.69, 9.17) is 15.5 Å². The molecule has 2 unspecified atom stereocenters. The number of ketones is 1. The zero-order valence-electron chi connectivity index (χ0n) is 19.8. The number of anilines is 1. The number of carbonyl (C=O) groups excluding carboxylic acids is 1. The highest BCUT2D eigenvalue weighted by atomic mass is 16.5. The molecule has 2 N–H and O–H groups in total. The van der Waals surface area contributed by atoms with Crippen molar-refractivity contribution in [2.75, 3.05) is 12.0 Å². The van der Waals surface area contributed by atoms with Crippen molar-refractivity contribution in [3.8, 4) is 11.8 Å². The Hall–Kier alpha value is -4.63. The van der Waals surface area contributed by atoms with Gasteiger partial charge in [0.15, 0.2) is 11.6 Å². The number of Topliss-reactive ketones (excluding diaryl/α,β-unsaturated/α-hetero) is 1. The maximum atomic E-state index is 14.0. The Morgan fingerprint density at radius 1 is 1.00 bits per heavy atom. The molecule has 3 aliphatic rings. The average molecular weight is 473 g/mol. The second-order valence-corrected chi connectivity index (χ2v) is 9.17. The fraction of sp³-hybridized carbons (Fsp3) is 0.167. The Morgan fingerprint density at radius 3 is 2.50 bits per heavy atom. The summed E-state index contributed by atoms with van der Waals surface area (Å²) in [5, 5.41) is 10.4. The molecule has 3 aromatic carbocycles. The van der Waals surface area contributed by atoms with Crippen LogP contribution in [0.2, 0.25) is 0 Å². The third-order valence-electron chi connectivity index (χ3n) is 7.27. The monoisotopic (exact) mass is 472 g/mol. The van der Waals surface area contributed by atoms with Crippen molar-refractivity contribution in [1.29, 1.82) is 5.26 Å². The van der Waals surface area contributed by atoms with Gasteiger partial charge in [0.25, 0.3) is 0 Å². The molecule has 0 radical (unpaired) electrons. The van der Waals surface area contributed by atoms with E-state index in [0.717, 1.165) is 28.1 Å². The van der Waals surface area contributed by atoms with Gasteiger partial charge in [-0.25, -0.2) is 4.99 Å². The lowest BCUT2D eigenvalue weighted by molar-refractivity contribution is -0.116. The van der Waals surface area contributed by atoms with Crippen molar-refractivity contribution >= 4 is 17.3 Å². The molecule has 0 saturated heterocycles. The van der Waals surface area contributed by atoms with E-state index in [9.17, 15) is 10.1 Å². The van der Waals surface area contributed by atoms with E-state index in [1.807, 2.05) is 71.6 Å². The number of fused-ring (bicyclic) bond motifs is 4. The summed E-state index contributed by atoms with van der Waals surface area (Å²) >= 11 is 0. The SMILES string of the molecule is COc1ccccc1C1C(C#N)=C2N=C(N)c3ccccc3N2C2=C1C(=O)CC(c1ccccc1)C2. The van der Waals surface area contributed by atoms with Gasteiger partial charge in [-0.05, 0) is 36.1 Å². The Kier molecular flexibility index (Phi) is 5.19. The largest absolute Gasteiger partial charge is 0.496 e. The molecule has 2 aliphatic heterocycles. The van der Waals surface area contributed by atoms with Crippen LogP contribution < -0.4 is 15.4 Å². The zero-order chi connectivity index (χ0) is 24.8. The summed E-state index contributed by atoms with van der Waals surface area (Å²) in [5.41, 5.74) is 11.8. The molecule has 1 aliphatic carbocycles. The summed E-state index contributed by atoms with van der Waals surface area (Å²) in [4.78, 5) is 20.7. The van der Waals surface area contributed by atoms with E-state index in [1.54, 1.807) is 7.11 Å². The molecule has 36 heavy (non-hydrogen) atoms. The first kappa shape index (κ1) is 21.9. The van der Waals surface area contributed by atoms with Crippen LogP contribution >= 0.6 is 0 Å². The number of nitriles is 1. The number of carbonyl (C=O) groups is 1. The molecule has 0 aromatic heterocycles. The fourth-order valence-electron chi connectivity index (χ4n) is 5.69. The molecule has 0 saturated carbocycles. The molecular formula is C30H24N4O2. The molecule has 3 aromatic rings. The smallest absolute Gasteiger partial charge is 0.162 e. The minimum absolute atomic E-state index is 0.0241. The van der Waals surface area contributed by atoms with E-state index < -0.39 is 5.92 Å². The maximum absolute atomic E-state index is 14.0. The number of hydrogen-bond donors (Lipinski definition) is 1. The molecule has 0 fully saturated rings. The number of nitrogens with zero attached hydrogens (tertiary/aromatic N) is 3. The van der Waals surface area contributed by atoms with E-state index in [-0.39, 0.29) is 11.7 Å². The molecule has 6 heteroatoms. The Labute approximate surface area is 209 Å². The molecule has 6 nitrogen and oxygen atoms in total. The molecule has 0 spiro atoms. The van der Waals surface area contributed by atoms with Crippen LogP contribution in [0.5, 0.6) is 5.75 Å². The summed E-state index contributed by atoms with van der Waals surface area (Å²) in [6.45, 7) is 0. The number of para-hydroxylation sites is 2. The summed E-state index contributed by atoms with van der Waals surface area (Å²) in [5.74, 6) is 0.934. The van der Waals surface area contributed by atoms with Crippen molar-refractivity contribution in [2.24, 2.45) is 10.7 Å². The predicted octanol–water partition coefficient (Wildman–Crippen LogP) is 5.15. The average Bonchev–Trinajstić information content (AvgIpc) is 2.92. The van der Waals surface area contributed by atoms with E-state index in [1.165, 1.54) is 0 Å². The van der Waals surface area contributed by atoms with Gasteiger partial charge >= 0.3 is 0 Å². The molecule has 0 amide bonds. The summed E-state index contributed by atoms with van der Waals surface area (Å²) < 4.78 is 5.67. The van der Waals surface area contributed by atoms with Gasteiger partial charge in [-0.2, -0.15) is 5.26 Å². The fourth-order valence-corrected chi connectivity index (χ4v) is 5.69. The summed E-state index contributed by atoms with van der Waals surface area (Å²) in [6.07, 6.45) is 1.02. The first-order valence-electron chi connectivity index (χ1n) is 11.9. The van der Waals surface area contributed by atoms with Crippen LogP contribution in [-0.2, 0) is 4.79 Å². The number of allylic oxidation sites excluding steroid dienone is 3. The number of rotatable bonds is 3. The van der Waals surface area contributed by atoms with Gasteiger partial charge in [-0.15, -0.1) is 0 Å². The second-order valence-electron chi connectivity index (χ2n) is 9.17. The predicted molar refractivity (Wildman–Crippen MR) is 138 cm³/mol. The van der Waals surface area contributed by atoms with Crippen LogP contribution in [0, 0.1) is 11.3 Å². The number of aliphatic imine (C=N–C) groups is 1. The molecule has 6 rings (SSSR count). The van der Waals surface area contributed by atoms with Crippen LogP contribution in [0.1, 0.15) is 41.4 Å². The highest BCUT2D eigenvalue weighted by Crippen LogP contribution is 2.52. The third-order valence-corrected chi connectivity index (χ3v) is 7.27. The lowest BCUT2D eigenvalue weighted by Gasteiger charge is -2.43. The van der Waals surface area contributed by atoms with Gasteiger partial charge in [0.2, 0.25) is 0 Å². The highest BCUT2D eigenvalue weighted by Gasteiger charge is 2.45. The van der Waals surface area contributed by atoms with Crippen LogP contribution in [0.4, 0.5) is 5.69 Å². The van der Waals surface area contributed by atoms with Gasteiger partial charge in [0.1, 0.15) is 11.6 Å². The van der Waals surface area contributed by atoms with E-state index in [2.05, 4.69) is 18.2 Å². The van der Waals surface area contributed by atoms with Crippen molar-refractivity contribution in [2.45, 2.75) is 24.7 Å². The van der Waals surface area contributed by atoms with Crippen LogP contribution in [-0.4, -0.2) is 18.7 Å². The van der Waals surface area contributed by atoms with E-state index >= 15 is 0 Å². The lowest BCUT2D eigenvalue weighted by atomic mass is 9.71. The van der Waals surface area contributed by atoms with Crippen molar-refractivity contribution in [3.05, 3.63) is 118 Å². The minimum atomic E-state index is -0.585. The first-order valence-corrected chi connectivity index (χ1v) is 11.9. The van der Waals surface area contributed by atoms with Crippen molar-refractivity contribution < 1.29 is 9.53 Å². The van der Waals surface area contributed by atoms with Crippen molar-refractivity contribution in [1.82, 2.24) is 0 Å². The topological polar surface area (TPSA) is 91.7 Å². The number of nitrogens with two attached hydrogens (primary N) is 1. The third kappa shape index (κ3) is 3.24. The Balaban J connectivity index is 1.64. The standard InChI is InChI=1S/C30H24N4O2/c1-36-26-14-8-6-12-21(26)27-22(17-31)30-33-29(32)20-11-5-7-13-23(20)34(30)24-15-19(16-25(35)28(24)27)18-9-3-2-4-10-18/h2-14,19,27H,15-16H2,1H3,(H2,32,33). The van der Waals surface area contributed by atoms with E-state index in [0.29, 0.717) is 41.4 Å². The molecule has 2 heterocycles. The summed E-state index contributed by atoms with van der Waals surface area (Å²) in [6, 6.07) is 27.8. The molecule has 2 atom stereocenters. The normalized spacial score (nSPS) is 20.7. The number of benzene rings is 3. The van der Waals surface area contributed by atoms with Crippen LogP contribution in [0.3, 0.4) is 0 Å². The van der Waals surface area contributed by atoms with Gasteiger partial charge in [0.05, 0.1) is 30.4 Å². The number of amidine groups is 1. The van der Waals surface area contributed by atoms with Gasteiger partial charge < -0.3 is 10.5 Å². The van der Waals surface area contributed by atoms with Gasteiger partial charge in [-0.1, -0.05) is 60.7 Å². The molecular weight excluding hydrogens is 448 g/mol. The molecule has 176 valence electrons. The highest BCUT2D eigenvalue weighted by molar-refractivity contribution is 6.08. The number of hydrogen-bond acceptors (Lipinski definition) is 6. The first-order chi connectivity index (χ1) is 17.6. The molecule has 0 bridgehead atoms. The number of ether oxygens (including phenoxy) is 1. The Morgan fingerprint density at radius 2 is 1.72 bits per heavy atom. The second kappa shape index (κ2) is 8.54. The van der Waals surface area contributed by atoms with Crippen LogP contribution in [0.25, 0.3) is 0 Å². The van der Waals surface area contributed by atoms with Crippen molar-refractivity contribution in [3.63, 3.8) is 0 Å². The lowest BCUT2D eigenvalue weighted by Crippen LogP contribution is -2.40. The van der Waals surface area contributed by atoms with Crippen LogP contribution in [0.15, 0.2) is 107 Å². The number of methoxy groups -OCH3 is 1. The summed E-state index contributed by atoms with van der Waals surface area (Å²) in [7, 11) is 1.60. The zero-order valence-corrected chi connectivity index (χ0v) is 19.8.